The Morgan fingerprint density at radius 2 is 1.85 bits per heavy atom. The fourth-order valence-electron chi connectivity index (χ4n) is 2.78. The van der Waals surface area contributed by atoms with Gasteiger partial charge in [0, 0.05) is 5.92 Å². The number of carbonyl (C=O) groups is 2. The molecule has 0 heterocycles. The number of hydrogen-bond acceptors (Lipinski definition) is 4. The number of carboxylic acid groups (broad SMARTS) is 1. The molecule has 0 spiro atoms. The molecule has 0 aliphatic heterocycles. The van der Waals surface area contributed by atoms with Crippen LogP contribution in [0.25, 0.3) is 0 Å². The van der Waals surface area contributed by atoms with Crippen molar-refractivity contribution in [3.63, 3.8) is 0 Å². The summed E-state index contributed by atoms with van der Waals surface area (Å²) in [5, 5.41) is 9.20. The largest absolute Gasteiger partial charge is 0.497 e. The Morgan fingerprint density at radius 3 is 2.45 bits per heavy atom. The lowest BCUT2D eigenvalue weighted by Crippen LogP contribution is -2.25. The Balaban J connectivity index is 2.34. The highest BCUT2D eigenvalue weighted by Crippen LogP contribution is 2.37. The minimum absolute atomic E-state index is 0.175. The lowest BCUT2D eigenvalue weighted by molar-refractivity contribution is -0.142. The van der Waals surface area contributed by atoms with Gasteiger partial charge in [0.25, 0.3) is 0 Å². The predicted octanol–water partition coefficient (Wildman–Crippen LogP) is 2.39. The molecule has 2 rings (SSSR count). The number of Topliss-reactive ketones (excluding diaryl/α,β-unsaturated/α-hetero) is 1. The first-order valence-corrected chi connectivity index (χ1v) is 6.57. The van der Waals surface area contributed by atoms with Crippen LogP contribution >= 0.6 is 0 Å². The normalized spacial score (nSPS) is 21.5. The first kappa shape index (κ1) is 14.4. The van der Waals surface area contributed by atoms with Gasteiger partial charge in [0.1, 0.15) is 11.5 Å². The predicted molar refractivity (Wildman–Crippen MR) is 72.3 cm³/mol. The molecule has 1 fully saturated rings. The number of carbonyl (C=O) groups excluding carboxylic acids is 1. The van der Waals surface area contributed by atoms with Crippen LogP contribution in [0.4, 0.5) is 0 Å². The lowest BCUT2D eigenvalue weighted by Gasteiger charge is -2.17. The van der Waals surface area contributed by atoms with Gasteiger partial charge in [-0.2, -0.15) is 0 Å². The van der Waals surface area contributed by atoms with Crippen LogP contribution in [0, 0.1) is 11.8 Å². The molecule has 0 saturated heterocycles. The minimum atomic E-state index is -0.900. The smallest absolute Gasteiger partial charge is 0.307 e. The monoisotopic (exact) mass is 278 g/mol. The Labute approximate surface area is 117 Å². The van der Waals surface area contributed by atoms with E-state index in [2.05, 4.69) is 0 Å². The van der Waals surface area contributed by atoms with Crippen molar-refractivity contribution < 1.29 is 24.2 Å². The topological polar surface area (TPSA) is 72.8 Å². The van der Waals surface area contributed by atoms with E-state index in [1.165, 1.54) is 14.2 Å². The Kier molecular flexibility index (Phi) is 4.27. The van der Waals surface area contributed by atoms with Crippen LogP contribution in [-0.4, -0.2) is 31.1 Å². The second kappa shape index (κ2) is 5.94. The van der Waals surface area contributed by atoms with Gasteiger partial charge >= 0.3 is 5.97 Å². The molecule has 1 aromatic rings. The van der Waals surface area contributed by atoms with Crippen LogP contribution in [0.1, 0.15) is 29.6 Å². The minimum Gasteiger partial charge on any atom is -0.497 e. The second-order valence-corrected chi connectivity index (χ2v) is 4.91. The number of aliphatic carboxylic acids is 1. The van der Waals surface area contributed by atoms with Crippen LogP contribution in [0.3, 0.4) is 0 Å². The molecule has 2 atom stereocenters. The van der Waals surface area contributed by atoms with Crippen LogP contribution < -0.4 is 9.47 Å². The van der Waals surface area contributed by atoms with Crippen molar-refractivity contribution in [2.75, 3.05) is 14.2 Å². The summed E-state index contributed by atoms with van der Waals surface area (Å²) in [6.07, 6.45) is 1.92. The number of ether oxygens (including phenoxy) is 2. The number of hydrogen-bond donors (Lipinski definition) is 1. The maximum atomic E-state index is 12.6. The Bertz CT molecular complexity index is 523. The zero-order valence-corrected chi connectivity index (χ0v) is 11.6. The molecule has 0 radical (unpaired) electrons. The van der Waals surface area contributed by atoms with E-state index in [-0.39, 0.29) is 5.78 Å². The SMILES string of the molecule is COc1ccc(OC)c(C(=O)C2CCCC2C(=O)O)c1. The van der Waals surface area contributed by atoms with Gasteiger partial charge in [-0.05, 0) is 31.0 Å². The number of ketones is 1. The fraction of sp³-hybridized carbons (Fsp3) is 0.467. The summed E-state index contributed by atoms with van der Waals surface area (Å²) in [5.41, 5.74) is 0.394. The average molecular weight is 278 g/mol. The van der Waals surface area contributed by atoms with E-state index in [4.69, 9.17) is 9.47 Å². The van der Waals surface area contributed by atoms with E-state index >= 15 is 0 Å². The van der Waals surface area contributed by atoms with Crippen molar-refractivity contribution in [2.24, 2.45) is 11.8 Å². The molecule has 1 aromatic carbocycles. The highest BCUT2D eigenvalue weighted by atomic mass is 16.5. The van der Waals surface area contributed by atoms with Crippen molar-refractivity contribution in [2.45, 2.75) is 19.3 Å². The molecule has 1 aliphatic carbocycles. The number of methoxy groups -OCH3 is 2. The number of benzene rings is 1. The molecule has 1 saturated carbocycles. The van der Waals surface area contributed by atoms with Gasteiger partial charge in [0.15, 0.2) is 5.78 Å². The molecule has 1 aliphatic rings. The van der Waals surface area contributed by atoms with Crippen LogP contribution in [0.5, 0.6) is 11.5 Å². The molecular formula is C15H18O5. The molecule has 5 nitrogen and oxygen atoms in total. The molecule has 1 N–H and O–H groups in total. The van der Waals surface area contributed by atoms with E-state index in [1.54, 1.807) is 18.2 Å². The van der Waals surface area contributed by atoms with Gasteiger partial charge in [0.05, 0.1) is 25.7 Å². The van der Waals surface area contributed by atoms with E-state index in [0.29, 0.717) is 29.9 Å². The molecule has 0 bridgehead atoms. The van der Waals surface area contributed by atoms with E-state index in [1.807, 2.05) is 0 Å². The average Bonchev–Trinajstić information content (AvgIpc) is 2.95. The second-order valence-electron chi connectivity index (χ2n) is 4.91. The van der Waals surface area contributed by atoms with Gasteiger partial charge in [-0.1, -0.05) is 6.42 Å². The summed E-state index contributed by atoms with van der Waals surface area (Å²) in [7, 11) is 3.01. The molecule has 20 heavy (non-hydrogen) atoms. The van der Waals surface area contributed by atoms with Crippen molar-refractivity contribution in [1.29, 1.82) is 0 Å². The van der Waals surface area contributed by atoms with E-state index < -0.39 is 17.8 Å². The zero-order chi connectivity index (χ0) is 14.7. The molecule has 2 unspecified atom stereocenters. The van der Waals surface area contributed by atoms with Crippen molar-refractivity contribution >= 4 is 11.8 Å². The van der Waals surface area contributed by atoms with E-state index in [0.717, 1.165) is 6.42 Å². The van der Waals surface area contributed by atoms with Crippen molar-refractivity contribution in [1.82, 2.24) is 0 Å². The fourth-order valence-corrected chi connectivity index (χ4v) is 2.78. The number of carboxylic acids is 1. The molecule has 0 amide bonds. The first-order valence-electron chi connectivity index (χ1n) is 6.57. The molecular weight excluding hydrogens is 260 g/mol. The molecule has 108 valence electrons. The summed E-state index contributed by atoms with van der Waals surface area (Å²) in [4.78, 5) is 23.8. The molecule has 0 aromatic heterocycles. The van der Waals surface area contributed by atoms with Gasteiger partial charge in [-0.3, -0.25) is 9.59 Å². The summed E-state index contributed by atoms with van der Waals surface area (Å²) in [6, 6.07) is 4.98. The van der Waals surface area contributed by atoms with Gasteiger partial charge < -0.3 is 14.6 Å². The van der Waals surface area contributed by atoms with Crippen molar-refractivity contribution in [3.05, 3.63) is 23.8 Å². The van der Waals surface area contributed by atoms with Crippen LogP contribution in [0.2, 0.25) is 0 Å². The highest BCUT2D eigenvalue weighted by Gasteiger charge is 2.38. The summed E-state index contributed by atoms with van der Waals surface area (Å²) in [5.74, 6) is -1.15. The maximum absolute atomic E-state index is 12.6. The van der Waals surface area contributed by atoms with Crippen LogP contribution in [0.15, 0.2) is 18.2 Å². The molecule has 5 heteroatoms. The summed E-state index contributed by atoms with van der Waals surface area (Å²) >= 11 is 0. The standard InChI is InChI=1S/C15H18O5/c1-19-9-6-7-13(20-2)12(8-9)14(16)10-4-3-5-11(10)15(17)18/h6-8,10-11H,3-5H2,1-2H3,(H,17,18). The first-order chi connectivity index (χ1) is 9.58. The van der Waals surface area contributed by atoms with Gasteiger partial charge in [-0.15, -0.1) is 0 Å². The third-order valence-corrected chi connectivity index (χ3v) is 3.84. The van der Waals surface area contributed by atoms with Gasteiger partial charge in [-0.25, -0.2) is 0 Å². The van der Waals surface area contributed by atoms with Gasteiger partial charge in [0.2, 0.25) is 0 Å². The maximum Gasteiger partial charge on any atom is 0.307 e. The quantitative estimate of drug-likeness (QED) is 0.837. The van der Waals surface area contributed by atoms with E-state index in [9.17, 15) is 14.7 Å². The third kappa shape index (κ3) is 2.61. The highest BCUT2D eigenvalue weighted by molar-refractivity contribution is 6.02. The summed E-state index contributed by atoms with van der Waals surface area (Å²) in [6.45, 7) is 0. The third-order valence-electron chi connectivity index (χ3n) is 3.84. The zero-order valence-electron chi connectivity index (χ0n) is 11.6. The van der Waals surface area contributed by atoms with Crippen molar-refractivity contribution in [3.8, 4) is 11.5 Å². The van der Waals surface area contributed by atoms with Crippen LogP contribution in [-0.2, 0) is 4.79 Å². The number of rotatable bonds is 5. The Hall–Kier alpha value is -2.04. The lowest BCUT2D eigenvalue weighted by atomic mass is 9.88. The summed E-state index contributed by atoms with van der Waals surface area (Å²) < 4.78 is 10.3. The Morgan fingerprint density at radius 1 is 1.15 bits per heavy atom.